The summed E-state index contributed by atoms with van der Waals surface area (Å²) < 4.78 is 10.6. The Bertz CT molecular complexity index is 802. The van der Waals surface area contributed by atoms with Crippen LogP contribution in [0.5, 0.6) is 0 Å². The van der Waals surface area contributed by atoms with Gasteiger partial charge in [-0.1, -0.05) is 19.4 Å². The summed E-state index contributed by atoms with van der Waals surface area (Å²) in [5.41, 5.74) is -0.949. The van der Waals surface area contributed by atoms with Crippen LogP contribution in [0.15, 0.2) is 11.6 Å². The van der Waals surface area contributed by atoms with Crippen molar-refractivity contribution in [2.75, 3.05) is 13.7 Å². The Morgan fingerprint density at radius 2 is 1.90 bits per heavy atom. The summed E-state index contributed by atoms with van der Waals surface area (Å²) in [6.45, 7) is 5.18. The summed E-state index contributed by atoms with van der Waals surface area (Å²) in [6, 6.07) is 0. The average molecular weight is 419 g/mol. The van der Waals surface area contributed by atoms with Gasteiger partial charge in [0.05, 0.1) is 6.10 Å². The molecule has 4 rings (SSSR count). The monoisotopic (exact) mass is 418 g/mol. The molecule has 30 heavy (non-hydrogen) atoms. The van der Waals surface area contributed by atoms with E-state index in [0.717, 1.165) is 32.1 Å². The Balaban J connectivity index is 1.67. The molecule has 0 spiro atoms. The van der Waals surface area contributed by atoms with Crippen LogP contribution in [-0.4, -0.2) is 48.1 Å². The molecule has 0 bridgehead atoms. The fraction of sp³-hybridized carbons (Fsp3) is 0.792. The van der Waals surface area contributed by atoms with Gasteiger partial charge in [0.15, 0.2) is 18.0 Å². The molecule has 1 N–H and O–H groups in total. The molecule has 3 saturated carbocycles. The van der Waals surface area contributed by atoms with Crippen LogP contribution in [0, 0.1) is 28.6 Å². The number of fused-ring (bicyclic) bond motifs is 5. The van der Waals surface area contributed by atoms with Crippen molar-refractivity contribution in [1.82, 2.24) is 0 Å². The van der Waals surface area contributed by atoms with E-state index < -0.39 is 35.5 Å². The minimum Gasteiger partial charge on any atom is -0.458 e. The van der Waals surface area contributed by atoms with Crippen LogP contribution in [-0.2, 0) is 23.9 Å². The van der Waals surface area contributed by atoms with E-state index in [1.54, 1.807) is 7.11 Å². The summed E-state index contributed by atoms with van der Waals surface area (Å²) in [6.07, 6.45) is 6.94. The molecule has 6 nitrogen and oxygen atoms in total. The molecule has 0 heterocycles. The van der Waals surface area contributed by atoms with Gasteiger partial charge in [-0.05, 0) is 67.8 Å². The Hall–Kier alpha value is -1.53. The van der Waals surface area contributed by atoms with Crippen LogP contribution >= 0.6 is 0 Å². The average Bonchev–Trinajstić information content (AvgIpc) is 2.94. The topological polar surface area (TPSA) is 89.9 Å². The number of ketones is 2. The highest BCUT2D eigenvalue weighted by Gasteiger charge is 2.70. The smallest absolute Gasteiger partial charge is 0.303 e. The van der Waals surface area contributed by atoms with Gasteiger partial charge in [-0.25, -0.2) is 0 Å². The van der Waals surface area contributed by atoms with Crippen molar-refractivity contribution in [2.45, 2.75) is 77.4 Å². The first kappa shape index (κ1) is 21.7. The summed E-state index contributed by atoms with van der Waals surface area (Å²) in [5.74, 6) is 0.241. The maximum atomic E-state index is 13.1. The number of hydrogen-bond acceptors (Lipinski definition) is 6. The van der Waals surface area contributed by atoms with Crippen LogP contribution < -0.4 is 0 Å². The SMILES string of the molecule is CO[C@@H]1C[C@H]2[C@@H]3CCC4=CC(=O)CC[C@]4(C)[C@H]3CC[C@]2(C)[C@@]1(O)C(=O)COC(C)=O. The van der Waals surface area contributed by atoms with Gasteiger partial charge in [0, 0.05) is 25.9 Å². The molecule has 0 amide bonds. The van der Waals surface area contributed by atoms with Crippen molar-refractivity contribution in [3.05, 3.63) is 11.6 Å². The highest BCUT2D eigenvalue weighted by atomic mass is 16.5. The van der Waals surface area contributed by atoms with Crippen LogP contribution in [0.25, 0.3) is 0 Å². The molecule has 7 atom stereocenters. The van der Waals surface area contributed by atoms with Gasteiger partial charge in [-0.3, -0.25) is 14.4 Å². The van der Waals surface area contributed by atoms with Gasteiger partial charge in [-0.2, -0.15) is 0 Å². The number of aliphatic hydroxyl groups is 1. The first-order chi connectivity index (χ1) is 14.1. The van der Waals surface area contributed by atoms with E-state index in [2.05, 4.69) is 6.92 Å². The zero-order valence-electron chi connectivity index (χ0n) is 18.5. The number of carbonyl (C=O) groups excluding carboxylic acids is 3. The first-order valence-corrected chi connectivity index (χ1v) is 11.2. The van der Waals surface area contributed by atoms with Gasteiger partial charge in [0.2, 0.25) is 5.78 Å². The molecular weight excluding hydrogens is 384 g/mol. The van der Waals surface area contributed by atoms with Crippen molar-refractivity contribution in [3.8, 4) is 0 Å². The van der Waals surface area contributed by atoms with E-state index in [1.165, 1.54) is 12.5 Å². The molecule has 4 aliphatic carbocycles. The van der Waals surface area contributed by atoms with E-state index in [0.29, 0.717) is 24.7 Å². The molecule has 0 aliphatic heterocycles. The second kappa shape index (κ2) is 7.27. The molecule has 0 saturated heterocycles. The standard InChI is InChI=1S/C24H34O6/c1-14(25)30-13-20(27)24(28)21(29-4)12-19-17-6-5-15-11-16(26)7-9-22(15,2)18(17)8-10-23(19,24)3/h11,17-19,21,28H,5-10,12-13H2,1-4H3/t17-,18+,19+,21-,22+,23+,24-/m1/s1. The first-order valence-electron chi connectivity index (χ1n) is 11.2. The van der Waals surface area contributed by atoms with E-state index in [4.69, 9.17) is 9.47 Å². The quantitative estimate of drug-likeness (QED) is 0.706. The number of hydrogen-bond donors (Lipinski definition) is 1. The Morgan fingerprint density at radius 3 is 2.57 bits per heavy atom. The second-order valence-electron chi connectivity index (χ2n) is 10.4. The van der Waals surface area contributed by atoms with E-state index in [-0.39, 0.29) is 17.1 Å². The Labute approximate surface area is 178 Å². The van der Waals surface area contributed by atoms with Gasteiger partial charge < -0.3 is 14.6 Å². The second-order valence-corrected chi connectivity index (χ2v) is 10.4. The highest BCUT2D eigenvalue weighted by molar-refractivity contribution is 5.92. The zero-order chi connectivity index (χ0) is 21.9. The Kier molecular flexibility index (Phi) is 5.25. The summed E-state index contributed by atoms with van der Waals surface area (Å²) in [5, 5.41) is 11.8. The van der Waals surface area contributed by atoms with E-state index in [9.17, 15) is 19.5 Å². The minimum atomic E-state index is -1.66. The van der Waals surface area contributed by atoms with Crippen LogP contribution in [0.3, 0.4) is 0 Å². The molecule has 0 aromatic heterocycles. The number of Topliss-reactive ketones (excluding diaryl/α,β-unsaturated/α-hetero) is 1. The zero-order valence-corrected chi connectivity index (χ0v) is 18.5. The molecule has 166 valence electrons. The molecule has 0 radical (unpaired) electrons. The van der Waals surface area contributed by atoms with Crippen molar-refractivity contribution in [2.24, 2.45) is 28.6 Å². The fourth-order valence-corrected chi connectivity index (χ4v) is 7.60. The van der Waals surface area contributed by atoms with Gasteiger partial charge in [-0.15, -0.1) is 0 Å². The largest absolute Gasteiger partial charge is 0.458 e. The Morgan fingerprint density at radius 1 is 1.17 bits per heavy atom. The lowest BCUT2D eigenvalue weighted by Crippen LogP contribution is -2.61. The van der Waals surface area contributed by atoms with Crippen LogP contribution in [0.1, 0.15) is 65.7 Å². The number of carbonyl (C=O) groups is 3. The predicted molar refractivity (Wildman–Crippen MR) is 109 cm³/mol. The molecular formula is C24H34O6. The lowest BCUT2D eigenvalue weighted by molar-refractivity contribution is -0.184. The number of ether oxygens (including phenoxy) is 2. The van der Waals surface area contributed by atoms with Gasteiger partial charge in [0.25, 0.3) is 0 Å². The molecule has 0 aromatic carbocycles. The maximum Gasteiger partial charge on any atom is 0.303 e. The molecule has 6 heteroatoms. The minimum absolute atomic E-state index is 0.0309. The van der Waals surface area contributed by atoms with Gasteiger partial charge in [0.1, 0.15) is 0 Å². The summed E-state index contributed by atoms with van der Waals surface area (Å²) >= 11 is 0. The molecule has 0 unspecified atom stereocenters. The van der Waals surface area contributed by atoms with Crippen molar-refractivity contribution >= 4 is 17.5 Å². The number of methoxy groups -OCH3 is 1. The number of rotatable bonds is 4. The van der Waals surface area contributed by atoms with Crippen LogP contribution in [0.2, 0.25) is 0 Å². The third kappa shape index (κ3) is 2.86. The summed E-state index contributed by atoms with van der Waals surface area (Å²) in [4.78, 5) is 36.4. The molecule has 3 fully saturated rings. The molecule has 0 aromatic rings. The van der Waals surface area contributed by atoms with Crippen molar-refractivity contribution in [3.63, 3.8) is 0 Å². The fourth-order valence-electron chi connectivity index (χ4n) is 7.60. The van der Waals surface area contributed by atoms with E-state index in [1.807, 2.05) is 13.0 Å². The van der Waals surface area contributed by atoms with Crippen LogP contribution in [0.4, 0.5) is 0 Å². The van der Waals surface area contributed by atoms with Crippen molar-refractivity contribution in [1.29, 1.82) is 0 Å². The predicted octanol–water partition coefficient (Wildman–Crippen LogP) is 3.01. The maximum absolute atomic E-state index is 13.1. The van der Waals surface area contributed by atoms with Gasteiger partial charge >= 0.3 is 5.97 Å². The highest BCUT2D eigenvalue weighted by Crippen LogP contribution is 2.67. The lowest BCUT2D eigenvalue weighted by atomic mass is 9.46. The normalized spacial score (nSPS) is 45.1. The number of esters is 1. The lowest BCUT2D eigenvalue weighted by Gasteiger charge is -2.58. The van der Waals surface area contributed by atoms with Crippen molar-refractivity contribution < 1.29 is 29.0 Å². The molecule has 4 aliphatic rings. The summed E-state index contributed by atoms with van der Waals surface area (Å²) in [7, 11) is 1.54. The number of allylic oxidation sites excluding steroid dienone is 1. The van der Waals surface area contributed by atoms with E-state index >= 15 is 0 Å². The third-order valence-corrected chi connectivity index (χ3v) is 9.27. The third-order valence-electron chi connectivity index (χ3n) is 9.27.